The van der Waals surface area contributed by atoms with Crippen LogP contribution in [-0.4, -0.2) is 14.7 Å². The number of carbonyl (C=O) groups is 1. The predicted molar refractivity (Wildman–Crippen MR) is 79.5 cm³/mol. The number of nitrogens with zero attached hydrogens (tertiary/aromatic N) is 2. The van der Waals surface area contributed by atoms with Gasteiger partial charge in [0.05, 0.1) is 23.0 Å². The Bertz CT molecular complexity index is 805. The van der Waals surface area contributed by atoms with Crippen molar-refractivity contribution in [2.45, 2.75) is 0 Å². The fraction of sp³-hybridized carbons (Fsp3) is 0. The molecule has 100 valence electrons. The topological polar surface area (TPSA) is 54.9 Å². The molecule has 7 heteroatoms. The summed E-state index contributed by atoms with van der Waals surface area (Å²) in [4.78, 5) is 12.1. The van der Waals surface area contributed by atoms with E-state index in [1.807, 2.05) is 0 Å². The zero-order chi connectivity index (χ0) is 14.1. The quantitative estimate of drug-likeness (QED) is 0.762. The summed E-state index contributed by atoms with van der Waals surface area (Å²) in [5.74, 6) is -1.10. The van der Waals surface area contributed by atoms with Crippen molar-refractivity contribution in [3.8, 4) is 0 Å². The molecule has 2 aromatic carbocycles. The van der Waals surface area contributed by atoms with Crippen LogP contribution in [0.25, 0.3) is 11.0 Å². The summed E-state index contributed by atoms with van der Waals surface area (Å²) < 4.78 is 22.5. The summed E-state index contributed by atoms with van der Waals surface area (Å²) in [6.45, 7) is 0. The monoisotopic (exact) mass is 351 g/mol. The molecule has 0 saturated heterocycles. The number of hydrogen-bond donors (Lipinski definition) is 1. The Morgan fingerprint density at radius 2 is 2.10 bits per heavy atom. The molecule has 1 amide bonds. The maximum absolute atomic E-state index is 13.7. The molecule has 0 saturated carbocycles. The number of anilines is 1. The number of nitrogens with one attached hydrogen (secondary N) is 1. The van der Waals surface area contributed by atoms with Gasteiger partial charge in [0.2, 0.25) is 0 Å². The third-order valence-electron chi connectivity index (χ3n) is 2.71. The molecule has 4 nitrogen and oxygen atoms in total. The highest BCUT2D eigenvalue weighted by Crippen LogP contribution is 2.22. The van der Waals surface area contributed by atoms with E-state index in [9.17, 15) is 9.18 Å². The minimum atomic E-state index is -0.583. The minimum absolute atomic E-state index is 0.0200. The van der Waals surface area contributed by atoms with Crippen LogP contribution >= 0.6 is 27.7 Å². The van der Waals surface area contributed by atoms with Gasteiger partial charge in [0.25, 0.3) is 5.91 Å². The number of aromatic nitrogens is 2. The smallest absolute Gasteiger partial charge is 0.258 e. The molecule has 0 aliphatic carbocycles. The van der Waals surface area contributed by atoms with Crippen LogP contribution < -0.4 is 5.32 Å². The molecule has 0 aliphatic rings. The van der Waals surface area contributed by atoms with E-state index in [4.69, 9.17) is 0 Å². The molecule has 0 radical (unpaired) electrons. The number of rotatable bonds is 2. The van der Waals surface area contributed by atoms with Crippen LogP contribution in [0.1, 0.15) is 10.4 Å². The summed E-state index contributed by atoms with van der Waals surface area (Å²) in [6.07, 6.45) is 0. The Labute approximate surface area is 126 Å². The number of hydrogen-bond acceptors (Lipinski definition) is 4. The molecular weight excluding hydrogens is 345 g/mol. The predicted octanol–water partition coefficient (Wildman–Crippen LogP) is 3.85. The normalized spacial score (nSPS) is 10.7. The van der Waals surface area contributed by atoms with E-state index in [0.717, 1.165) is 11.7 Å². The van der Waals surface area contributed by atoms with Gasteiger partial charge >= 0.3 is 0 Å². The summed E-state index contributed by atoms with van der Waals surface area (Å²) in [5, 5.41) is 2.66. The highest BCUT2D eigenvalue weighted by molar-refractivity contribution is 9.10. The van der Waals surface area contributed by atoms with Crippen LogP contribution in [0.4, 0.5) is 10.1 Å². The first-order valence-electron chi connectivity index (χ1n) is 5.63. The Kier molecular flexibility index (Phi) is 3.45. The van der Waals surface area contributed by atoms with E-state index in [2.05, 4.69) is 30.0 Å². The number of carbonyl (C=O) groups excluding carboxylic acids is 1. The van der Waals surface area contributed by atoms with Crippen molar-refractivity contribution in [2.75, 3.05) is 5.32 Å². The number of benzene rings is 2. The third kappa shape index (κ3) is 2.41. The zero-order valence-corrected chi connectivity index (χ0v) is 12.3. The van der Waals surface area contributed by atoms with E-state index < -0.39 is 11.7 Å². The third-order valence-corrected chi connectivity index (χ3v) is 3.75. The van der Waals surface area contributed by atoms with E-state index in [0.29, 0.717) is 21.2 Å². The lowest BCUT2D eigenvalue weighted by Crippen LogP contribution is -2.14. The summed E-state index contributed by atoms with van der Waals surface area (Å²) in [5.41, 5.74) is 1.80. The largest absolute Gasteiger partial charge is 0.320 e. The number of fused-ring (bicyclic) bond motifs is 1. The van der Waals surface area contributed by atoms with Crippen LogP contribution in [0.15, 0.2) is 40.9 Å². The van der Waals surface area contributed by atoms with Gasteiger partial charge < -0.3 is 5.32 Å². The first-order valence-corrected chi connectivity index (χ1v) is 7.15. The molecular formula is C13H7BrFN3OS. The van der Waals surface area contributed by atoms with Crippen molar-refractivity contribution in [3.05, 3.63) is 52.3 Å². The van der Waals surface area contributed by atoms with Gasteiger partial charge in [-0.2, -0.15) is 8.75 Å². The molecule has 0 bridgehead atoms. The highest BCUT2D eigenvalue weighted by Gasteiger charge is 2.14. The molecule has 0 fully saturated rings. The molecule has 3 rings (SSSR count). The molecule has 0 spiro atoms. The summed E-state index contributed by atoms with van der Waals surface area (Å²) in [6, 6.07) is 9.56. The van der Waals surface area contributed by atoms with Crippen LogP contribution in [0.2, 0.25) is 0 Å². The first-order chi connectivity index (χ1) is 9.65. The van der Waals surface area contributed by atoms with Gasteiger partial charge in [-0.05, 0) is 30.3 Å². The Balaban J connectivity index is 1.94. The average Bonchev–Trinajstić information content (AvgIpc) is 2.87. The molecule has 20 heavy (non-hydrogen) atoms. The summed E-state index contributed by atoms with van der Waals surface area (Å²) in [7, 11) is 0. The summed E-state index contributed by atoms with van der Waals surface area (Å²) >= 11 is 4.21. The molecule has 3 aromatic rings. The van der Waals surface area contributed by atoms with Gasteiger partial charge in [-0.1, -0.05) is 22.0 Å². The SMILES string of the molecule is O=C(Nc1cccc2nsnc12)c1ccc(Br)cc1F. The van der Waals surface area contributed by atoms with E-state index >= 15 is 0 Å². The standard InChI is InChI=1S/C13H7BrFN3OS/c14-7-4-5-8(9(15)6-7)13(19)16-10-2-1-3-11-12(10)18-20-17-11/h1-6H,(H,16,19). The zero-order valence-electron chi connectivity index (χ0n) is 9.93. The van der Waals surface area contributed by atoms with Crippen LogP contribution in [0, 0.1) is 5.82 Å². The number of amides is 1. The Morgan fingerprint density at radius 3 is 2.90 bits per heavy atom. The lowest BCUT2D eigenvalue weighted by molar-refractivity contribution is 0.102. The molecule has 1 N–H and O–H groups in total. The molecule has 0 unspecified atom stereocenters. The fourth-order valence-electron chi connectivity index (χ4n) is 1.77. The van der Waals surface area contributed by atoms with Gasteiger partial charge in [0.1, 0.15) is 16.9 Å². The van der Waals surface area contributed by atoms with Crippen LogP contribution in [-0.2, 0) is 0 Å². The molecule has 0 aliphatic heterocycles. The van der Waals surface area contributed by atoms with Crippen molar-refractivity contribution in [2.24, 2.45) is 0 Å². The van der Waals surface area contributed by atoms with Crippen molar-refractivity contribution in [3.63, 3.8) is 0 Å². The Morgan fingerprint density at radius 1 is 1.25 bits per heavy atom. The van der Waals surface area contributed by atoms with Crippen LogP contribution in [0.5, 0.6) is 0 Å². The van der Waals surface area contributed by atoms with E-state index in [1.165, 1.54) is 12.1 Å². The molecule has 1 aromatic heterocycles. The highest BCUT2D eigenvalue weighted by atomic mass is 79.9. The molecule has 0 atom stereocenters. The van der Waals surface area contributed by atoms with Gasteiger partial charge in [-0.15, -0.1) is 0 Å². The fourth-order valence-corrected chi connectivity index (χ4v) is 2.65. The van der Waals surface area contributed by atoms with Crippen molar-refractivity contribution in [1.29, 1.82) is 0 Å². The maximum atomic E-state index is 13.7. The first kappa shape index (κ1) is 13.1. The average molecular weight is 352 g/mol. The second-order valence-corrected chi connectivity index (χ2v) is 5.46. The lowest BCUT2D eigenvalue weighted by Gasteiger charge is -2.06. The second-order valence-electron chi connectivity index (χ2n) is 4.02. The minimum Gasteiger partial charge on any atom is -0.320 e. The Hall–Kier alpha value is -1.86. The second kappa shape index (κ2) is 5.26. The van der Waals surface area contributed by atoms with E-state index in [-0.39, 0.29) is 5.56 Å². The van der Waals surface area contributed by atoms with Crippen molar-refractivity contribution < 1.29 is 9.18 Å². The molecule has 1 heterocycles. The van der Waals surface area contributed by atoms with Gasteiger partial charge in [0, 0.05) is 4.47 Å². The van der Waals surface area contributed by atoms with Gasteiger partial charge in [-0.3, -0.25) is 4.79 Å². The lowest BCUT2D eigenvalue weighted by atomic mass is 10.2. The maximum Gasteiger partial charge on any atom is 0.258 e. The number of halogens is 2. The van der Waals surface area contributed by atoms with Gasteiger partial charge in [-0.25, -0.2) is 4.39 Å². The van der Waals surface area contributed by atoms with E-state index in [1.54, 1.807) is 24.3 Å². The van der Waals surface area contributed by atoms with Crippen molar-refractivity contribution >= 4 is 50.3 Å². The van der Waals surface area contributed by atoms with Gasteiger partial charge in [0.15, 0.2) is 0 Å². The van der Waals surface area contributed by atoms with Crippen molar-refractivity contribution in [1.82, 2.24) is 8.75 Å². The van der Waals surface area contributed by atoms with Crippen LogP contribution in [0.3, 0.4) is 0 Å².